The maximum absolute atomic E-state index is 3.77. The molecule has 0 saturated heterocycles. The van der Waals surface area contributed by atoms with Crippen LogP contribution in [0.2, 0.25) is 0 Å². The first kappa shape index (κ1) is 12.0. The van der Waals surface area contributed by atoms with Crippen LogP contribution in [-0.2, 0) is 5.41 Å². The van der Waals surface area contributed by atoms with Crippen molar-refractivity contribution in [3.05, 3.63) is 42.0 Å². The van der Waals surface area contributed by atoms with Crippen LogP contribution < -0.4 is 0 Å². The normalized spacial score (nSPS) is 12.6. The molecule has 1 rings (SSSR count). The first-order chi connectivity index (χ1) is 6.79. The molecule has 0 aromatic heterocycles. The molecule has 0 amide bonds. The van der Waals surface area contributed by atoms with Crippen LogP contribution in [0.5, 0.6) is 0 Å². The predicted octanol–water partition coefficient (Wildman–Crippen LogP) is 4.65. The molecule has 0 heterocycles. The molecule has 1 aromatic carbocycles. The van der Waals surface area contributed by atoms with E-state index in [0.29, 0.717) is 0 Å². The third kappa shape index (κ3) is 2.31. The van der Waals surface area contributed by atoms with Gasteiger partial charge in [0.2, 0.25) is 0 Å². The molecule has 15 heavy (non-hydrogen) atoms. The van der Waals surface area contributed by atoms with Crippen molar-refractivity contribution in [3.8, 4) is 0 Å². The summed E-state index contributed by atoms with van der Waals surface area (Å²) < 4.78 is 0. The van der Waals surface area contributed by atoms with Gasteiger partial charge in [0.25, 0.3) is 0 Å². The molecule has 0 nitrogen and oxygen atoms in total. The van der Waals surface area contributed by atoms with Gasteiger partial charge in [-0.1, -0.05) is 71.5 Å². The van der Waals surface area contributed by atoms with Crippen molar-refractivity contribution in [2.24, 2.45) is 5.41 Å². The quantitative estimate of drug-likeness (QED) is 0.654. The van der Waals surface area contributed by atoms with Crippen molar-refractivity contribution >= 4 is 6.08 Å². The summed E-state index contributed by atoms with van der Waals surface area (Å²) in [6.07, 6.45) is 1.88. The van der Waals surface area contributed by atoms with Crippen LogP contribution in [0, 0.1) is 5.41 Å². The van der Waals surface area contributed by atoms with Crippen LogP contribution in [0.3, 0.4) is 0 Å². The minimum Gasteiger partial charge on any atom is -0.0985 e. The molecule has 0 fully saturated rings. The fourth-order valence-electron chi connectivity index (χ4n) is 1.47. The summed E-state index contributed by atoms with van der Waals surface area (Å²) in [5.74, 6) is 0. The lowest BCUT2D eigenvalue weighted by atomic mass is 9.65. The van der Waals surface area contributed by atoms with E-state index in [1.54, 1.807) is 0 Å². The zero-order chi connectivity index (χ0) is 11.7. The second-order valence-electron chi connectivity index (χ2n) is 5.70. The standard InChI is InChI=1S/C15H22/c1-7-12-8-10-13(11-9-12)15(5,6)14(2,3)4/h7-11H,1H2,2-6H3. The summed E-state index contributed by atoms with van der Waals surface area (Å²) in [5.41, 5.74) is 3.03. The summed E-state index contributed by atoms with van der Waals surface area (Å²) in [6, 6.07) is 8.69. The van der Waals surface area contributed by atoms with E-state index in [-0.39, 0.29) is 10.8 Å². The van der Waals surface area contributed by atoms with Gasteiger partial charge in [-0.25, -0.2) is 0 Å². The van der Waals surface area contributed by atoms with Crippen LogP contribution in [0.15, 0.2) is 30.8 Å². The Balaban J connectivity index is 3.11. The average Bonchev–Trinajstić information content (AvgIpc) is 2.16. The summed E-state index contributed by atoms with van der Waals surface area (Å²) in [5, 5.41) is 0. The third-order valence-corrected chi connectivity index (χ3v) is 3.74. The van der Waals surface area contributed by atoms with Gasteiger partial charge in [0.15, 0.2) is 0 Å². The summed E-state index contributed by atoms with van der Waals surface area (Å²) in [7, 11) is 0. The highest BCUT2D eigenvalue weighted by molar-refractivity contribution is 5.48. The van der Waals surface area contributed by atoms with E-state index in [4.69, 9.17) is 0 Å². The third-order valence-electron chi connectivity index (χ3n) is 3.74. The summed E-state index contributed by atoms with van der Waals surface area (Å²) >= 11 is 0. The second-order valence-corrected chi connectivity index (χ2v) is 5.70. The van der Waals surface area contributed by atoms with Gasteiger partial charge in [0.1, 0.15) is 0 Å². The molecule has 0 aliphatic rings. The molecule has 0 heteroatoms. The number of rotatable bonds is 2. The molecule has 0 unspecified atom stereocenters. The Hall–Kier alpha value is -1.04. The Kier molecular flexibility index (Phi) is 3.08. The minimum atomic E-state index is 0.187. The molecule has 0 aliphatic carbocycles. The zero-order valence-corrected chi connectivity index (χ0v) is 10.6. The maximum atomic E-state index is 3.77. The molecule has 1 aromatic rings. The van der Waals surface area contributed by atoms with Crippen LogP contribution in [-0.4, -0.2) is 0 Å². The van der Waals surface area contributed by atoms with Crippen molar-refractivity contribution in [3.63, 3.8) is 0 Å². The zero-order valence-electron chi connectivity index (χ0n) is 10.6. The first-order valence-corrected chi connectivity index (χ1v) is 5.52. The topological polar surface area (TPSA) is 0 Å². The minimum absolute atomic E-state index is 0.187. The first-order valence-electron chi connectivity index (χ1n) is 5.52. The second kappa shape index (κ2) is 3.84. The van der Waals surface area contributed by atoms with Gasteiger partial charge < -0.3 is 0 Å². The molecule has 0 aliphatic heterocycles. The molecule has 0 bridgehead atoms. The highest BCUT2D eigenvalue weighted by atomic mass is 14.4. The Morgan fingerprint density at radius 2 is 1.40 bits per heavy atom. The molecule has 0 spiro atoms. The van der Waals surface area contributed by atoms with Crippen LogP contribution in [0.25, 0.3) is 6.08 Å². The van der Waals surface area contributed by atoms with E-state index in [2.05, 4.69) is 65.5 Å². The lowest BCUT2D eigenvalue weighted by Gasteiger charge is -2.39. The van der Waals surface area contributed by atoms with Crippen LogP contribution in [0.1, 0.15) is 45.7 Å². The van der Waals surface area contributed by atoms with Gasteiger partial charge in [-0.3, -0.25) is 0 Å². The molecule has 0 radical (unpaired) electrons. The fourth-order valence-corrected chi connectivity index (χ4v) is 1.47. The van der Waals surface area contributed by atoms with E-state index >= 15 is 0 Å². The van der Waals surface area contributed by atoms with Gasteiger partial charge in [0, 0.05) is 0 Å². The average molecular weight is 202 g/mol. The van der Waals surface area contributed by atoms with E-state index in [1.807, 2.05) is 6.08 Å². The Labute approximate surface area is 94.0 Å². The van der Waals surface area contributed by atoms with Gasteiger partial charge in [-0.2, -0.15) is 0 Å². The molecule has 0 saturated carbocycles. The number of hydrogen-bond acceptors (Lipinski definition) is 0. The van der Waals surface area contributed by atoms with E-state index in [0.717, 1.165) is 0 Å². The highest BCUT2D eigenvalue weighted by Crippen LogP contribution is 2.40. The smallest absolute Gasteiger partial charge is 0.00551 e. The molecule has 82 valence electrons. The van der Waals surface area contributed by atoms with Crippen molar-refractivity contribution in [2.45, 2.75) is 40.0 Å². The largest absolute Gasteiger partial charge is 0.0985 e. The van der Waals surface area contributed by atoms with Crippen molar-refractivity contribution in [1.29, 1.82) is 0 Å². The predicted molar refractivity (Wildman–Crippen MR) is 69.0 cm³/mol. The Morgan fingerprint density at radius 1 is 0.933 bits per heavy atom. The maximum Gasteiger partial charge on any atom is -0.00551 e. The van der Waals surface area contributed by atoms with Gasteiger partial charge >= 0.3 is 0 Å². The van der Waals surface area contributed by atoms with Crippen LogP contribution >= 0.6 is 0 Å². The Bertz CT molecular complexity index is 333. The lowest BCUT2D eigenvalue weighted by molar-refractivity contribution is 0.225. The SMILES string of the molecule is C=Cc1ccc(C(C)(C)C(C)(C)C)cc1. The van der Waals surface area contributed by atoms with Gasteiger partial charge in [0.05, 0.1) is 0 Å². The molecular weight excluding hydrogens is 180 g/mol. The van der Waals surface area contributed by atoms with Gasteiger partial charge in [-0.15, -0.1) is 0 Å². The van der Waals surface area contributed by atoms with E-state index in [9.17, 15) is 0 Å². The van der Waals surface area contributed by atoms with Crippen LogP contribution in [0.4, 0.5) is 0 Å². The van der Waals surface area contributed by atoms with E-state index < -0.39 is 0 Å². The monoisotopic (exact) mass is 202 g/mol. The van der Waals surface area contributed by atoms with Crippen molar-refractivity contribution in [2.75, 3.05) is 0 Å². The van der Waals surface area contributed by atoms with Crippen molar-refractivity contribution < 1.29 is 0 Å². The molecule has 0 atom stereocenters. The fraction of sp³-hybridized carbons (Fsp3) is 0.467. The summed E-state index contributed by atoms with van der Waals surface area (Å²) in [6.45, 7) is 15.2. The highest BCUT2D eigenvalue weighted by Gasteiger charge is 2.33. The van der Waals surface area contributed by atoms with Gasteiger partial charge in [-0.05, 0) is 22.0 Å². The number of benzene rings is 1. The lowest BCUT2D eigenvalue weighted by Crippen LogP contribution is -2.33. The number of hydrogen-bond donors (Lipinski definition) is 0. The van der Waals surface area contributed by atoms with Crippen molar-refractivity contribution in [1.82, 2.24) is 0 Å². The van der Waals surface area contributed by atoms with E-state index in [1.165, 1.54) is 11.1 Å². The molecular formula is C15H22. The summed E-state index contributed by atoms with van der Waals surface area (Å²) in [4.78, 5) is 0. The molecule has 0 N–H and O–H groups in total. The Morgan fingerprint density at radius 3 is 1.73 bits per heavy atom.